The predicted octanol–water partition coefficient (Wildman–Crippen LogP) is 5.56. The van der Waals surface area contributed by atoms with Gasteiger partial charge in [0.2, 0.25) is 0 Å². The summed E-state index contributed by atoms with van der Waals surface area (Å²) in [6, 6.07) is 6.38. The first-order valence-electron chi connectivity index (χ1n) is 8.62. The fourth-order valence-corrected chi connectivity index (χ4v) is 3.53. The number of halogens is 1. The van der Waals surface area contributed by atoms with Gasteiger partial charge in [-0.3, -0.25) is 0 Å². The van der Waals surface area contributed by atoms with Crippen molar-refractivity contribution in [1.29, 1.82) is 0 Å². The zero-order valence-electron chi connectivity index (χ0n) is 13.3. The zero-order valence-corrected chi connectivity index (χ0v) is 13.3. The van der Waals surface area contributed by atoms with Crippen LogP contribution in [0.3, 0.4) is 0 Å². The molecule has 1 N–H and O–H groups in total. The Morgan fingerprint density at radius 3 is 2.29 bits per heavy atom. The molecule has 1 fully saturated rings. The SMILES string of the molecule is CCCCCCCC1CCC(O)(c2ccc(F)cc2)CC1. The Bertz CT molecular complexity index is 404. The van der Waals surface area contributed by atoms with Crippen molar-refractivity contribution in [2.45, 2.75) is 76.7 Å². The highest BCUT2D eigenvalue weighted by Gasteiger charge is 2.34. The van der Waals surface area contributed by atoms with E-state index in [0.717, 1.165) is 37.2 Å². The fourth-order valence-electron chi connectivity index (χ4n) is 3.53. The number of hydrogen-bond acceptors (Lipinski definition) is 1. The van der Waals surface area contributed by atoms with E-state index in [9.17, 15) is 9.50 Å². The summed E-state index contributed by atoms with van der Waals surface area (Å²) in [6.45, 7) is 2.25. The number of rotatable bonds is 7. The van der Waals surface area contributed by atoms with Crippen LogP contribution in [-0.4, -0.2) is 5.11 Å². The summed E-state index contributed by atoms with van der Waals surface area (Å²) in [7, 11) is 0. The van der Waals surface area contributed by atoms with E-state index < -0.39 is 5.60 Å². The van der Waals surface area contributed by atoms with Gasteiger partial charge in [0.25, 0.3) is 0 Å². The Hall–Kier alpha value is -0.890. The Balaban J connectivity index is 1.75. The summed E-state index contributed by atoms with van der Waals surface area (Å²) in [5, 5.41) is 10.8. The van der Waals surface area contributed by atoms with Gasteiger partial charge < -0.3 is 5.11 Å². The van der Waals surface area contributed by atoms with Crippen LogP contribution in [0.2, 0.25) is 0 Å². The lowest BCUT2D eigenvalue weighted by Gasteiger charge is -2.36. The van der Waals surface area contributed by atoms with E-state index in [1.165, 1.54) is 50.7 Å². The number of benzene rings is 1. The fraction of sp³-hybridized carbons (Fsp3) is 0.684. The maximum atomic E-state index is 13.0. The first-order valence-corrected chi connectivity index (χ1v) is 8.62. The standard InChI is InChI=1S/C19H29FO/c1-2-3-4-5-6-7-16-12-14-19(21,15-13-16)17-8-10-18(20)11-9-17/h8-11,16,21H,2-7,12-15H2,1H3. The van der Waals surface area contributed by atoms with Crippen LogP contribution in [0, 0.1) is 11.7 Å². The molecule has 0 radical (unpaired) electrons. The molecule has 0 atom stereocenters. The third-order valence-electron chi connectivity index (χ3n) is 5.03. The lowest BCUT2D eigenvalue weighted by Crippen LogP contribution is -2.31. The second-order valence-corrected chi connectivity index (χ2v) is 6.68. The molecule has 1 aromatic rings. The largest absolute Gasteiger partial charge is 0.385 e. The highest BCUT2D eigenvalue weighted by molar-refractivity contribution is 5.23. The second kappa shape index (κ2) is 7.93. The number of aliphatic hydroxyl groups is 1. The first-order chi connectivity index (χ1) is 10.1. The molecular weight excluding hydrogens is 263 g/mol. The van der Waals surface area contributed by atoms with Gasteiger partial charge in [0.1, 0.15) is 5.82 Å². The van der Waals surface area contributed by atoms with Crippen LogP contribution in [0.15, 0.2) is 24.3 Å². The minimum absolute atomic E-state index is 0.233. The quantitative estimate of drug-likeness (QED) is 0.652. The summed E-state index contributed by atoms with van der Waals surface area (Å²) < 4.78 is 13.0. The van der Waals surface area contributed by atoms with Gasteiger partial charge in [-0.2, -0.15) is 0 Å². The molecule has 1 nitrogen and oxygen atoms in total. The van der Waals surface area contributed by atoms with Crippen molar-refractivity contribution in [3.05, 3.63) is 35.6 Å². The van der Waals surface area contributed by atoms with Crippen LogP contribution in [0.4, 0.5) is 4.39 Å². The third-order valence-corrected chi connectivity index (χ3v) is 5.03. The molecule has 0 unspecified atom stereocenters. The monoisotopic (exact) mass is 292 g/mol. The summed E-state index contributed by atoms with van der Waals surface area (Å²) >= 11 is 0. The van der Waals surface area contributed by atoms with Gasteiger partial charge >= 0.3 is 0 Å². The molecule has 0 heterocycles. The summed E-state index contributed by atoms with van der Waals surface area (Å²) in [5.74, 6) is 0.537. The smallest absolute Gasteiger partial charge is 0.123 e. The molecule has 1 aliphatic carbocycles. The molecule has 21 heavy (non-hydrogen) atoms. The topological polar surface area (TPSA) is 20.2 Å². The van der Waals surface area contributed by atoms with Gasteiger partial charge in [-0.05, 0) is 49.3 Å². The van der Waals surface area contributed by atoms with E-state index >= 15 is 0 Å². The minimum Gasteiger partial charge on any atom is -0.385 e. The van der Waals surface area contributed by atoms with Crippen LogP contribution in [0.25, 0.3) is 0 Å². The summed E-state index contributed by atoms with van der Waals surface area (Å²) in [4.78, 5) is 0. The normalized spacial score (nSPS) is 26.0. The molecule has 0 bridgehead atoms. The molecular formula is C19H29FO. The van der Waals surface area contributed by atoms with Crippen molar-refractivity contribution >= 4 is 0 Å². The van der Waals surface area contributed by atoms with E-state index in [4.69, 9.17) is 0 Å². The highest BCUT2D eigenvalue weighted by atomic mass is 19.1. The summed E-state index contributed by atoms with van der Waals surface area (Å²) in [6.07, 6.45) is 11.8. The van der Waals surface area contributed by atoms with E-state index in [-0.39, 0.29) is 5.82 Å². The lowest BCUT2D eigenvalue weighted by molar-refractivity contribution is -0.0154. The molecule has 1 aromatic carbocycles. The number of unbranched alkanes of at least 4 members (excludes halogenated alkanes) is 4. The van der Waals surface area contributed by atoms with Crippen LogP contribution in [-0.2, 0) is 5.60 Å². The Morgan fingerprint density at radius 2 is 1.67 bits per heavy atom. The maximum absolute atomic E-state index is 13.0. The van der Waals surface area contributed by atoms with Gasteiger partial charge in [0.15, 0.2) is 0 Å². The average Bonchev–Trinajstić information content (AvgIpc) is 2.50. The van der Waals surface area contributed by atoms with E-state index in [1.807, 2.05) is 0 Å². The first kappa shape index (κ1) is 16.5. The van der Waals surface area contributed by atoms with Crippen molar-refractivity contribution in [3.8, 4) is 0 Å². The molecule has 0 amide bonds. The second-order valence-electron chi connectivity index (χ2n) is 6.68. The van der Waals surface area contributed by atoms with Gasteiger partial charge in [-0.1, -0.05) is 57.6 Å². The van der Waals surface area contributed by atoms with Crippen molar-refractivity contribution < 1.29 is 9.50 Å². The van der Waals surface area contributed by atoms with Crippen molar-refractivity contribution in [2.24, 2.45) is 5.92 Å². The molecule has 2 heteroatoms. The Morgan fingerprint density at radius 1 is 1.05 bits per heavy atom. The third kappa shape index (κ3) is 4.81. The molecule has 0 aliphatic heterocycles. The van der Waals surface area contributed by atoms with Crippen LogP contribution < -0.4 is 0 Å². The van der Waals surface area contributed by atoms with Gasteiger partial charge in [-0.15, -0.1) is 0 Å². The minimum atomic E-state index is -0.730. The molecule has 0 saturated heterocycles. The Labute approximate surface area is 128 Å². The molecule has 118 valence electrons. The van der Waals surface area contributed by atoms with E-state index in [2.05, 4.69) is 6.92 Å². The molecule has 0 aromatic heterocycles. The summed E-state index contributed by atoms with van der Waals surface area (Å²) in [5.41, 5.74) is 0.150. The predicted molar refractivity (Wildman–Crippen MR) is 85.6 cm³/mol. The van der Waals surface area contributed by atoms with Crippen LogP contribution in [0.5, 0.6) is 0 Å². The molecule has 0 spiro atoms. The molecule has 1 aliphatic rings. The van der Waals surface area contributed by atoms with Gasteiger partial charge in [0.05, 0.1) is 5.60 Å². The number of hydrogen-bond donors (Lipinski definition) is 1. The Kier molecular flexibility index (Phi) is 6.22. The van der Waals surface area contributed by atoms with E-state index in [0.29, 0.717) is 0 Å². The molecule has 2 rings (SSSR count). The zero-order chi connectivity index (χ0) is 15.1. The molecule has 1 saturated carbocycles. The maximum Gasteiger partial charge on any atom is 0.123 e. The van der Waals surface area contributed by atoms with Gasteiger partial charge in [0, 0.05) is 0 Å². The highest BCUT2D eigenvalue weighted by Crippen LogP contribution is 2.41. The van der Waals surface area contributed by atoms with Crippen molar-refractivity contribution in [2.75, 3.05) is 0 Å². The van der Waals surface area contributed by atoms with Crippen LogP contribution >= 0.6 is 0 Å². The lowest BCUT2D eigenvalue weighted by atomic mass is 9.74. The average molecular weight is 292 g/mol. The van der Waals surface area contributed by atoms with Crippen LogP contribution in [0.1, 0.15) is 76.7 Å². The van der Waals surface area contributed by atoms with Crippen molar-refractivity contribution in [1.82, 2.24) is 0 Å². The van der Waals surface area contributed by atoms with E-state index in [1.54, 1.807) is 12.1 Å². The van der Waals surface area contributed by atoms with Gasteiger partial charge in [-0.25, -0.2) is 4.39 Å². The van der Waals surface area contributed by atoms with Crippen molar-refractivity contribution in [3.63, 3.8) is 0 Å².